The van der Waals surface area contributed by atoms with E-state index in [4.69, 9.17) is 4.74 Å². The van der Waals surface area contributed by atoms with E-state index in [1.165, 1.54) is 4.90 Å². The normalized spacial score (nSPS) is 15.3. The minimum absolute atomic E-state index is 0.167. The molecule has 29 heavy (non-hydrogen) atoms. The van der Waals surface area contributed by atoms with E-state index in [-0.39, 0.29) is 19.1 Å². The van der Waals surface area contributed by atoms with Crippen LogP contribution in [0.25, 0.3) is 0 Å². The van der Waals surface area contributed by atoms with Crippen molar-refractivity contribution in [1.29, 1.82) is 0 Å². The van der Waals surface area contributed by atoms with Crippen molar-refractivity contribution >= 4 is 11.9 Å². The number of rotatable bonds is 6. The maximum atomic E-state index is 13.5. The summed E-state index contributed by atoms with van der Waals surface area (Å²) in [4.78, 5) is 27.5. The molecule has 4 rings (SSSR count). The van der Waals surface area contributed by atoms with Crippen LogP contribution in [0.2, 0.25) is 0 Å². The van der Waals surface area contributed by atoms with Gasteiger partial charge in [-0.05, 0) is 35.7 Å². The largest absolute Gasteiger partial charge is 0.492 e. The topological polar surface area (TPSA) is 58.6 Å². The van der Waals surface area contributed by atoms with Crippen molar-refractivity contribution in [2.75, 3.05) is 13.2 Å². The molecule has 1 heterocycles. The van der Waals surface area contributed by atoms with E-state index in [1.54, 1.807) is 0 Å². The van der Waals surface area contributed by atoms with E-state index < -0.39 is 11.6 Å². The fraction of sp³-hybridized carbons (Fsp3) is 0.167. The van der Waals surface area contributed by atoms with Crippen molar-refractivity contribution in [3.63, 3.8) is 0 Å². The van der Waals surface area contributed by atoms with Crippen molar-refractivity contribution in [1.82, 2.24) is 10.2 Å². The van der Waals surface area contributed by atoms with Crippen molar-refractivity contribution in [3.8, 4) is 5.75 Å². The molecule has 1 fully saturated rings. The number of carbonyl (C=O) groups is 2. The van der Waals surface area contributed by atoms with Gasteiger partial charge in [0, 0.05) is 0 Å². The van der Waals surface area contributed by atoms with Gasteiger partial charge in [0.1, 0.15) is 12.4 Å². The summed E-state index contributed by atoms with van der Waals surface area (Å²) < 4.78 is 5.75. The van der Waals surface area contributed by atoms with Gasteiger partial charge in [0.25, 0.3) is 5.91 Å². The fourth-order valence-corrected chi connectivity index (χ4v) is 3.67. The zero-order chi connectivity index (χ0) is 20.3. The van der Waals surface area contributed by atoms with E-state index in [0.29, 0.717) is 0 Å². The molecule has 3 aromatic rings. The number of hydrogen-bond donors (Lipinski definition) is 1. The average molecular weight is 386 g/mol. The molecule has 0 radical (unpaired) electrons. The molecule has 3 aromatic carbocycles. The van der Waals surface area contributed by atoms with Crippen LogP contribution in [0.5, 0.6) is 5.75 Å². The zero-order valence-electron chi connectivity index (χ0n) is 16.2. The summed E-state index contributed by atoms with van der Waals surface area (Å²) >= 11 is 0. The van der Waals surface area contributed by atoms with E-state index in [2.05, 4.69) is 5.32 Å². The van der Waals surface area contributed by atoms with Crippen LogP contribution >= 0.6 is 0 Å². The van der Waals surface area contributed by atoms with Gasteiger partial charge in [-0.2, -0.15) is 0 Å². The first-order valence-electron chi connectivity index (χ1n) is 9.56. The smallest absolute Gasteiger partial charge is 0.325 e. The first kappa shape index (κ1) is 18.7. The first-order valence-corrected chi connectivity index (χ1v) is 9.56. The van der Waals surface area contributed by atoms with Crippen molar-refractivity contribution in [3.05, 3.63) is 102 Å². The number of aryl methyl sites for hydroxylation is 1. The third-order valence-corrected chi connectivity index (χ3v) is 5.09. The molecular weight excluding hydrogens is 364 g/mol. The fourth-order valence-electron chi connectivity index (χ4n) is 3.67. The Balaban J connectivity index is 1.60. The van der Waals surface area contributed by atoms with Gasteiger partial charge in [-0.25, -0.2) is 4.79 Å². The van der Waals surface area contributed by atoms with Crippen LogP contribution in [0, 0.1) is 6.92 Å². The Bertz CT molecular complexity index is 979. The predicted octanol–water partition coefficient (Wildman–Crippen LogP) is 3.87. The molecule has 3 amide bonds. The van der Waals surface area contributed by atoms with E-state index in [1.807, 2.05) is 91.9 Å². The summed E-state index contributed by atoms with van der Waals surface area (Å²) in [6.07, 6.45) is 0. The molecule has 1 saturated heterocycles. The highest BCUT2D eigenvalue weighted by Crippen LogP contribution is 2.35. The molecule has 146 valence electrons. The molecule has 0 saturated carbocycles. The second kappa shape index (κ2) is 7.80. The molecule has 0 aliphatic carbocycles. The van der Waals surface area contributed by atoms with Gasteiger partial charge in [-0.3, -0.25) is 9.69 Å². The lowest BCUT2D eigenvalue weighted by Crippen LogP contribution is -2.45. The number of nitrogens with zero attached hydrogens (tertiary/aromatic N) is 1. The van der Waals surface area contributed by atoms with E-state index >= 15 is 0 Å². The van der Waals surface area contributed by atoms with Gasteiger partial charge in [0.15, 0.2) is 5.54 Å². The number of imide groups is 1. The van der Waals surface area contributed by atoms with Gasteiger partial charge in [-0.1, -0.05) is 72.8 Å². The lowest BCUT2D eigenvalue weighted by Gasteiger charge is -2.28. The molecule has 0 aromatic heterocycles. The van der Waals surface area contributed by atoms with Crippen molar-refractivity contribution in [2.24, 2.45) is 0 Å². The van der Waals surface area contributed by atoms with Crippen LogP contribution in [-0.2, 0) is 10.3 Å². The Kier molecular flexibility index (Phi) is 5.04. The van der Waals surface area contributed by atoms with Crippen molar-refractivity contribution in [2.45, 2.75) is 12.5 Å². The number of hydrogen-bond acceptors (Lipinski definition) is 3. The molecular formula is C24H22N2O3. The summed E-state index contributed by atoms with van der Waals surface area (Å²) in [5, 5.41) is 2.94. The Morgan fingerprint density at radius 1 is 0.862 bits per heavy atom. The number of carbonyl (C=O) groups excluding carboxylic acids is 2. The summed E-state index contributed by atoms with van der Waals surface area (Å²) in [6.45, 7) is 2.38. The van der Waals surface area contributed by atoms with Crippen LogP contribution in [-0.4, -0.2) is 30.0 Å². The summed E-state index contributed by atoms with van der Waals surface area (Å²) in [5.74, 6) is 0.419. The minimum Gasteiger partial charge on any atom is -0.492 e. The maximum Gasteiger partial charge on any atom is 0.325 e. The minimum atomic E-state index is -1.23. The maximum absolute atomic E-state index is 13.5. The van der Waals surface area contributed by atoms with Gasteiger partial charge >= 0.3 is 6.03 Å². The molecule has 0 atom stereocenters. The number of benzene rings is 3. The molecule has 0 unspecified atom stereocenters. The Morgan fingerprint density at radius 2 is 1.48 bits per heavy atom. The Morgan fingerprint density at radius 3 is 2.07 bits per heavy atom. The van der Waals surface area contributed by atoms with Crippen LogP contribution < -0.4 is 10.1 Å². The number of nitrogens with one attached hydrogen (secondary N) is 1. The summed E-state index contributed by atoms with van der Waals surface area (Å²) in [5.41, 5.74) is 1.31. The number of urea groups is 1. The number of ether oxygens (including phenoxy) is 1. The lowest BCUT2D eigenvalue weighted by molar-refractivity contribution is -0.130. The molecule has 1 aliphatic rings. The Labute approximate surface area is 169 Å². The molecule has 0 bridgehead atoms. The third kappa shape index (κ3) is 3.47. The summed E-state index contributed by atoms with van der Waals surface area (Å²) in [7, 11) is 0. The van der Waals surface area contributed by atoms with Crippen LogP contribution in [0.4, 0.5) is 4.79 Å². The van der Waals surface area contributed by atoms with Gasteiger partial charge in [0.2, 0.25) is 0 Å². The van der Waals surface area contributed by atoms with Gasteiger partial charge in [0.05, 0.1) is 6.54 Å². The molecule has 1 N–H and O–H groups in total. The molecule has 5 nitrogen and oxygen atoms in total. The monoisotopic (exact) mass is 386 g/mol. The SMILES string of the molecule is Cc1cccc(OCCN2C(=O)NC(c3ccccc3)(c3ccccc3)C2=O)c1. The van der Waals surface area contributed by atoms with Crippen molar-refractivity contribution < 1.29 is 14.3 Å². The van der Waals surface area contributed by atoms with E-state index in [9.17, 15) is 9.59 Å². The standard InChI is InChI=1S/C24H22N2O3/c1-18-9-8-14-21(17-18)29-16-15-26-22(27)24(25-23(26)28,19-10-4-2-5-11-19)20-12-6-3-7-13-20/h2-14,17H,15-16H2,1H3,(H,25,28). The van der Waals surface area contributed by atoms with Gasteiger partial charge < -0.3 is 10.1 Å². The van der Waals surface area contributed by atoms with Crippen LogP contribution in [0.3, 0.4) is 0 Å². The highest BCUT2D eigenvalue weighted by molar-refractivity contribution is 6.09. The van der Waals surface area contributed by atoms with Crippen LogP contribution in [0.1, 0.15) is 16.7 Å². The van der Waals surface area contributed by atoms with E-state index in [0.717, 1.165) is 22.4 Å². The van der Waals surface area contributed by atoms with Crippen LogP contribution in [0.15, 0.2) is 84.9 Å². The predicted molar refractivity (Wildman–Crippen MR) is 111 cm³/mol. The zero-order valence-corrected chi connectivity index (χ0v) is 16.2. The number of amides is 3. The molecule has 0 spiro atoms. The Hall–Kier alpha value is -3.60. The molecule has 1 aliphatic heterocycles. The average Bonchev–Trinajstić information content (AvgIpc) is 3.01. The quantitative estimate of drug-likeness (QED) is 0.655. The lowest BCUT2D eigenvalue weighted by atomic mass is 9.82. The second-order valence-corrected chi connectivity index (χ2v) is 7.03. The highest BCUT2D eigenvalue weighted by Gasteiger charge is 2.53. The molecule has 5 heteroatoms. The third-order valence-electron chi connectivity index (χ3n) is 5.09. The highest BCUT2D eigenvalue weighted by atomic mass is 16.5. The van der Waals surface area contributed by atoms with Gasteiger partial charge in [-0.15, -0.1) is 0 Å². The summed E-state index contributed by atoms with van der Waals surface area (Å²) in [6, 6.07) is 25.9. The second-order valence-electron chi connectivity index (χ2n) is 7.03. The first-order chi connectivity index (χ1) is 14.1.